The van der Waals surface area contributed by atoms with Crippen LogP contribution < -0.4 is 0 Å². The van der Waals surface area contributed by atoms with Crippen molar-refractivity contribution in [2.45, 2.75) is 26.2 Å². The van der Waals surface area contributed by atoms with E-state index in [1.54, 1.807) is 0 Å². The van der Waals surface area contributed by atoms with Gasteiger partial charge < -0.3 is 4.74 Å². The Morgan fingerprint density at radius 1 is 1.42 bits per heavy atom. The quantitative estimate of drug-likeness (QED) is 0.364. The molecular formula is C8H13ClO3. The smallest absolute Gasteiger partial charge is 0.313 e. The Morgan fingerprint density at radius 2 is 2.08 bits per heavy atom. The van der Waals surface area contributed by atoms with E-state index in [2.05, 4.69) is 4.74 Å². The molecule has 0 rings (SSSR count). The summed E-state index contributed by atoms with van der Waals surface area (Å²) >= 11 is 5.28. The Morgan fingerprint density at radius 3 is 2.58 bits per heavy atom. The van der Waals surface area contributed by atoms with Crippen molar-refractivity contribution >= 4 is 23.4 Å². The minimum atomic E-state index is -0.478. The summed E-state index contributed by atoms with van der Waals surface area (Å²) in [5.74, 6) is -0.278. The van der Waals surface area contributed by atoms with Crippen LogP contribution in [-0.2, 0) is 14.3 Å². The number of ketones is 1. The van der Waals surface area contributed by atoms with E-state index in [-0.39, 0.29) is 24.7 Å². The lowest BCUT2D eigenvalue weighted by molar-refractivity contribution is -0.145. The van der Waals surface area contributed by atoms with Gasteiger partial charge in [-0.15, -0.1) is 11.6 Å². The molecule has 0 aliphatic carbocycles. The predicted octanol–water partition coefficient (Wildman–Crippen LogP) is 1.53. The third-order valence-electron chi connectivity index (χ3n) is 1.21. The molecule has 0 unspecified atom stereocenters. The first kappa shape index (κ1) is 11.4. The van der Waals surface area contributed by atoms with Crippen LogP contribution in [0.4, 0.5) is 0 Å². The summed E-state index contributed by atoms with van der Waals surface area (Å²) < 4.78 is 4.62. The van der Waals surface area contributed by atoms with E-state index in [9.17, 15) is 9.59 Å². The molecule has 0 aromatic heterocycles. The number of halogens is 1. The van der Waals surface area contributed by atoms with E-state index < -0.39 is 5.97 Å². The molecule has 4 heteroatoms. The molecule has 12 heavy (non-hydrogen) atoms. The number of rotatable bonds is 6. The summed E-state index contributed by atoms with van der Waals surface area (Å²) in [7, 11) is 0. The Kier molecular flexibility index (Phi) is 6.76. The van der Waals surface area contributed by atoms with Crippen LogP contribution in [-0.4, -0.2) is 24.2 Å². The molecule has 0 radical (unpaired) electrons. The van der Waals surface area contributed by atoms with Gasteiger partial charge in [-0.1, -0.05) is 6.92 Å². The van der Waals surface area contributed by atoms with E-state index in [0.717, 1.165) is 6.42 Å². The Hall–Kier alpha value is -0.570. The molecule has 0 spiro atoms. The number of ether oxygens (including phenoxy) is 1. The Bertz CT molecular complexity index is 156. The van der Waals surface area contributed by atoms with Crippen LogP contribution in [0.1, 0.15) is 26.2 Å². The fourth-order valence-corrected chi connectivity index (χ4v) is 0.809. The van der Waals surface area contributed by atoms with E-state index in [1.165, 1.54) is 0 Å². The highest BCUT2D eigenvalue weighted by molar-refractivity contribution is 6.18. The summed E-state index contributed by atoms with van der Waals surface area (Å²) in [5.41, 5.74) is 0. The van der Waals surface area contributed by atoms with Crippen molar-refractivity contribution in [1.29, 1.82) is 0 Å². The van der Waals surface area contributed by atoms with Gasteiger partial charge in [0, 0.05) is 6.42 Å². The number of carbonyl (C=O) groups excluding carboxylic acids is 2. The second-order valence-corrected chi connectivity index (χ2v) is 2.75. The molecule has 0 aliphatic rings. The molecule has 0 atom stereocenters. The lowest BCUT2D eigenvalue weighted by Gasteiger charge is -2.00. The summed E-state index contributed by atoms with van der Waals surface area (Å²) in [6.45, 7) is 2.07. The van der Waals surface area contributed by atoms with Crippen LogP contribution in [0.15, 0.2) is 0 Å². The van der Waals surface area contributed by atoms with Gasteiger partial charge in [-0.25, -0.2) is 0 Å². The number of alkyl halides is 1. The first-order valence-corrected chi connectivity index (χ1v) is 4.47. The maximum absolute atomic E-state index is 10.9. The molecule has 0 amide bonds. The summed E-state index contributed by atoms with van der Waals surface area (Å²) in [6.07, 6.45) is 1.09. The highest BCUT2D eigenvalue weighted by atomic mass is 35.5. The van der Waals surface area contributed by atoms with Gasteiger partial charge in [-0.05, 0) is 6.42 Å². The second kappa shape index (κ2) is 7.10. The third kappa shape index (κ3) is 6.16. The lowest BCUT2D eigenvalue weighted by Crippen LogP contribution is -2.12. The summed E-state index contributed by atoms with van der Waals surface area (Å²) in [5, 5.41) is 0. The van der Waals surface area contributed by atoms with Gasteiger partial charge in [-0.2, -0.15) is 0 Å². The zero-order valence-electron chi connectivity index (χ0n) is 7.14. The van der Waals surface area contributed by atoms with Gasteiger partial charge >= 0.3 is 5.97 Å². The summed E-state index contributed by atoms with van der Waals surface area (Å²) in [6, 6.07) is 0. The van der Waals surface area contributed by atoms with Crippen LogP contribution in [0.25, 0.3) is 0 Å². The van der Waals surface area contributed by atoms with Crippen LogP contribution in [0.5, 0.6) is 0 Å². The van der Waals surface area contributed by atoms with Crippen molar-refractivity contribution in [3.63, 3.8) is 0 Å². The molecule has 0 N–H and O–H groups in total. The molecule has 0 aromatic carbocycles. The van der Waals surface area contributed by atoms with Crippen molar-refractivity contribution in [1.82, 2.24) is 0 Å². The minimum absolute atomic E-state index is 0.0722. The number of hydrogen-bond donors (Lipinski definition) is 0. The molecular weight excluding hydrogens is 180 g/mol. The highest BCUT2D eigenvalue weighted by Gasteiger charge is 2.08. The van der Waals surface area contributed by atoms with Crippen LogP contribution in [0.2, 0.25) is 0 Å². The van der Waals surface area contributed by atoms with Gasteiger partial charge in [-0.3, -0.25) is 9.59 Å². The number of hydrogen-bond acceptors (Lipinski definition) is 3. The average molecular weight is 193 g/mol. The summed E-state index contributed by atoms with van der Waals surface area (Å²) in [4.78, 5) is 21.7. The van der Waals surface area contributed by atoms with E-state index in [0.29, 0.717) is 6.42 Å². The SMILES string of the molecule is CCCC(=O)CC(=O)OCCCl. The van der Waals surface area contributed by atoms with Crippen molar-refractivity contribution < 1.29 is 14.3 Å². The third-order valence-corrected chi connectivity index (χ3v) is 1.36. The first-order valence-electron chi connectivity index (χ1n) is 3.94. The molecule has 0 bridgehead atoms. The molecule has 0 fully saturated rings. The maximum Gasteiger partial charge on any atom is 0.313 e. The lowest BCUT2D eigenvalue weighted by atomic mass is 10.2. The average Bonchev–Trinajstić information content (AvgIpc) is 2.01. The molecule has 3 nitrogen and oxygen atoms in total. The van der Waals surface area contributed by atoms with Gasteiger partial charge in [0.2, 0.25) is 0 Å². The Balaban J connectivity index is 3.47. The normalized spacial score (nSPS) is 9.50. The van der Waals surface area contributed by atoms with Gasteiger partial charge in [0.05, 0.1) is 5.88 Å². The second-order valence-electron chi connectivity index (χ2n) is 2.37. The van der Waals surface area contributed by atoms with Crippen LogP contribution in [0.3, 0.4) is 0 Å². The zero-order valence-corrected chi connectivity index (χ0v) is 7.89. The monoisotopic (exact) mass is 192 g/mol. The maximum atomic E-state index is 10.9. The molecule has 0 aromatic rings. The van der Waals surface area contributed by atoms with Crippen molar-refractivity contribution in [3.05, 3.63) is 0 Å². The van der Waals surface area contributed by atoms with Gasteiger partial charge in [0.1, 0.15) is 18.8 Å². The largest absolute Gasteiger partial charge is 0.464 e. The fraction of sp³-hybridized carbons (Fsp3) is 0.750. The Labute approximate surface area is 77.0 Å². The molecule has 0 saturated heterocycles. The van der Waals surface area contributed by atoms with E-state index >= 15 is 0 Å². The number of Topliss-reactive ketones (excluding diaryl/α,β-unsaturated/α-hetero) is 1. The minimum Gasteiger partial charge on any atom is -0.464 e. The van der Waals surface area contributed by atoms with Crippen molar-refractivity contribution in [3.8, 4) is 0 Å². The van der Waals surface area contributed by atoms with Crippen LogP contribution >= 0.6 is 11.6 Å². The first-order chi connectivity index (χ1) is 5.70. The van der Waals surface area contributed by atoms with Crippen LogP contribution in [0, 0.1) is 0 Å². The topological polar surface area (TPSA) is 43.4 Å². The number of esters is 1. The standard InChI is InChI=1S/C8H13ClO3/c1-2-3-7(10)6-8(11)12-5-4-9/h2-6H2,1H3. The van der Waals surface area contributed by atoms with E-state index in [4.69, 9.17) is 11.6 Å². The number of carbonyl (C=O) groups is 2. The van der Waals surface area contributed by atoms with E-state index in [1.807, 2.05) is 6.92 Å². The van der Waals surface area contributed by atoms with Gasteiger partial charge in [0.25, 0.3) is 0 Å². The van der Waals surface area contributed by atoms with Crippen molar-refractivity contribution in [2.75, 3.05) is 12.5 Å². The van der Waals surface area contributed by atoms with Gasteiger partial charge in [0.15, 0.2) is 0 Å². The fourth-order valence-electron chi connectivity index (χ4n) is 0.732. The zero-order chi connectivity index (χ0) is 9.40. The molecule has 70 valence electrons. The molecule has 0 saturated carbocycles. The van der Waals surface area contributed by atoms with Crippen molar-refractivity contribution in [2.24, 2.45) is 0 Å². The molecule has 0 heterocycles. The highest BCUT2D eigenvalue weighted by Crippen LogP contribution is 1.96. The predicted molar refractivity (Wildman–Crippen MR) is 46.2 cm³/mol. The molecule has 0 aliphatic heterocycles.